The Morgan fingerprint density at radius 3 is 2.67 bits per heavy atom. The number of nitrogens with zero attached hydrogens (tertiary/aromatic N) is 1. The summed E-state index contributed by atoms with van der Waals surface area (Å²) < 4.78 is 24.3. The van der Waals surface area contributed by atoms with Crippen LogP contribution >= 0.6 is 0 Å². The fourth-order valence-electron chi connectivity index (χ4n) is 3.00. The Hall–Kier alpha value is -3.88. The molecule has 0 bridgehead atoms. The normalized spacial score (nSPS) is 12.0. The lowest BCUT2D eigenvalue weighted by molar-refractivity contribution is 0.0519. The van der Waals surface area contributed by atoms with Crippen LogP contribution in [0.4, 0.5) is 19.7 Å². The van der Waals surface area contributed by atoms with Crippen LogP contribution in [0.15, 0.2) is 60.9 Å². The van der Waals surface area contributed by atoms with E-state index in [9.17, 15) is 14.0 Å². The van der Waals surface area contributed by atoms with E-state index in [4.69, 9.17) is 9.47 Å². The molecule has 0 radical (unpaired) electrons. The molecule has 3 rings (SSSR count). The second-order valence-corrected chi connectivity index (χ2v) is 8.35. The zero-order valence-electron chi connectivity index (χ0n) is 18.7. The minimum atomic E-state index is -0.661. The largest absolute Gasteiger partial charge is 0.491 e. The van der Waals surface area contributed by atoms with E-state index in [1.807, 2.05) is 12.1 Å². The molecular formula is C24H27FN4O4. The average Bonchev–Trinajstić information content (AvgIpc) is 2.75. The third-order valence-corrected chi connectivity index (χ3v) is 4.40. The van der Waals surface area contributed by atoms with Crippen molar-refractivity contribution in [2.24, 2.45) is 0 Å². The van der Waals surface area contributed by atoms with Crippen molar-refractivity contribution in [2.45, 2.75) is 32.4 Å². The highest BCUT2D eigenvalue weighted by atomic mass is 19.1. The highest BCUT2D eigenvalue weighted by molar-refractivity contribution is 6.01. The molecule has 3 N–H and O–H groups in total. The molecule has 33 heavy (non-hydrogen) atoms. The van der Waals surface area contributed by atoms with E-state index in [1.165, 1.54) is 18.2 Å². The third-order valence-electron chi connectivity index (χ3n) is 4.40. The highest BCUT2D eigenvalue weighted by Gasteiger charge is 2.19. The second kappa shape index (κ2) is 10.6. The molecule has 3 aromatic rings. The summed E-state index contributed by atoms with van der Waals surface area (Å²) in [5, 5.41) is 9.93. The maximum atomic E-state index is 13.4. The van der Waals surface area contributed by atoms with Gasteiger partial charge >= 0.3 is 12.1 Å². The van der Waals surface area contributed by atoms with Crippen molar-refractivity contribution >= 4 is 28.6 Å². The first-order chi connectivity index (χ1) is 15.7. The van der Waals surface area contributed by atoms with Crippen LogP contribution in [0.2, 0.25) is 0 Å². The first kappa shape index (κ1) is 23.8. The predicted octanol–water partition coefficient (Wildman–Crippen LogP) is 4.47. The Bertz CT molecular complexity index is 1110. The minimum Gasteiger partial charge on any atom is -0.491 e. The number of aromatic nitrogens is 1. The van der Waals surface area contributed by atoms with Gasteiger partial charge in [0, 0.05) is 35.8 Å². The Kier molecular flexibility index (Phi) is 7.66. The third kappa shape index (κ3) is 7.64. The molecule has 0 unspecified atom stereocenters. The van der Waals surface area contributed by atoms with E-state index < -0.39 is 29.6 Å². The molecule has 8 nitrogen and oxygen atoms in total. The number of alkyl carbamates (subject to hydrolysis) is 1. The average molecular weight is 455 g/mol. The summed E-state index contributed by atoms with van der Waals surface area (Å²) in [6.45, 7) is 5.29. The van der Waals surface area contributed by atoms with Crippen LogP contribution in [0.25, 0.3) is 10.8 Å². The van der Waals surface area contributed by atoms with Gasteiger partial charge < -0.3 is 25.4 Å². The standard InChI is InChI=1S/C24H27FN4O4/c1-24(2,3)33-23(31)27-14-18(15-32-19-8-5-7-17(25)12-19)28-22(30)29-21-9-4-6-16-13-26-11-10-20(16)21/h4-13,18H,14-15H2,1-3H3,(H,27,31)(H2,28,29,30)/t18-/m1/s1. The molecule has 174 valence electrons. The van der Waals surface area contributed by atoms with E-state index in [2.05, 4.69) is 20.9 Å². The molecule has 3 amide bonds. The van der Waals surface area contributed by atoms with E-state index >= 15 is 0 Å². The maximum absolute atomic E-state index is 13.4. The maximum Gasteiger partial charge on any atom is 0.407 e. The summed E-state index contributed by atoms with van der Waals surface area (Å²) in [6, 6.07) is 11.8. The van der Waals surface area contributed by atoms with Crippen LogP contribution in [0.5, 0.6) is 5.75 Å². The molecule has 0 saturated heterocycles. The minimum absolute atomic E-state index is 0.00781. The first-order valence-corrected chi connectivity index (χ1v) is 10.4. The van der Waals surface area contributed by atoms with Crippen LogP contribution in [-0.4, -0.2) is 41.9 Å². The van der Waals surface area contributed by atoms with Gasteiger partial charge in [0.05, 0.1) is 11.7 Å². The lowest BCUT2D eigenvalue weighted by atomic mass is 10.1. The molecule has 0 saturated carbocycles. The monoisotopic (exact) mass is 454 g/mol. The number of carbonyl (C=O) groups is 2. The van der Waals surface area contributed by atoms with E-state index in [0.29, 0.717) is 11.4 Å². The summed E-state index contributed by atoms with van der Waals surface area (Å²) in [7, 11) is 0. The number of benzene rings is 2. The molecule has 0 aliphatic rings. The van der Waals surface area contributed by atoms with Gasteiger partial charge in [0.25, 0.3) is 0 Å². The number of nitrogens with one attached hydrogen (secondary N) is 3. The number of fused-ring (bicyclic) bond motifs is 1. The number of rotatable bonds is 7. The Morgan fingerprint density at radius 1 is 1.12 bits per heavy atom. The molecule has 1 atom stereocenters. The van der Waals surface area contributed by atoms with Gasteiger partial charge in [-0.05, 0) is 45.0 Å². The van der Waals surface area contributed by atoms with Crippen molar-refractivity contribution < 1.29 is 23.5 Å². The lowest BCUT2D eigenvalue weighted by Gasteiger charge is -2.23. The van der Waals surface area contributed by atoms with Gasteiger partial charge in [-0.3, -0.25) is 4.98 Å². The van der Waals surface area contributed by atoms with Crippen molar-refractivity contribution in [3.63, 3.8) is 0 Å². The fourth-order valence-corrected chi connectivity index (χ4v) is 3.00. The number of pyridine rings is 1. The van der Waals surface area contributed by atoms with Gasteiger partial charge in [0.1, 0.15) is 23.8 Å². The number of amides is 3. The zero-order valence-corrected chi connectivity index (χ0v) is 18.7. The summed E-state index contributed by atoms with van der Waals surface area (Å²) in [6.07, 6.45) is 2.73. The number of hydrogen-bond acceptors (Lipinski definition) is 5. The van der Waals surface area contributed by atoms with E-state index in [0.717, 1.165) is 10.8 Å². The van der Waals surface area contributed by atoms with E-state index in [-0.39, 0.29) is 13.2 Å². The molecule has 0 spiro atoms. The summed E-state index contributed by atoms with van der Waals surface area (Å²) >= 11 is 0. The highest BCUT2D eigenvalue weighted by Crippen LogP contribution is 2.22. The van der Waals surface area contributed by atoms with Crippen LogP contribution in [0, 0.1) is 5.82 Å². The number of halogens is 1. The van der Waals surface area contributed by atoms with Crippen molar-refractivity contribution in [1.82, 2.24) is 15.6 Å². The van der Waals surface area contributed by atoms with Crippen molar-refractivity contribution in [2.75, 3.05) is 18.5 Å². The number of carbonyl (C=O) groups excluding carboxylic acids is 2. The van der Waals surface area contributed by atoms with E-state index in [1.54, 1.807) is 51.4 Å². The smallest absolute Gasteiger partial charge is 0.407 e. The van der Waals surface area contributed by atoms with Crippen LogP contribution in [-0.2, 0) is 4.74 Å². The molecule has 0 aliphatic carbocycles. The molecule has 2 aromatic carbocycles. The van der Waals surface area contributed by atoms with Crippen LogP contribution in [0.3, 0.4) is 0 Å². The second-order valence-electron chi connectivity index (χ2n) is 8.35. The fraction of sp³-hybridized carbons (Fsp3) is 0.292. The molecule has 0 aliphatic heterocycles. The number of hydrogen-bond donors (Lipinski definition) is 3. The van der Waals surface area contributed by atoms with Gasteiger partial charge in [-0.1, -0.05) is 18.2 Å². The topological polar surface area (TPSA) is 102 Å². The number of ether oxygens (including phenoxy) is 2. The molecular weight excluding hydrogens is 427 g/mol. The zero-order chi connectivity index (χ0) is 23.8. The molecule has 0 fully saturated rings. The Balaban J connectivity index is 1.66. The summed E-state index contributed by atoms with van der Waals surface area (Å²) in [4.78, 5) is 28.8. The van der Waals surface area contributed by atoms with Crippen molar-refractivity contribution in [3.8, 4) is 5.75 Å². The number of anilines is 1. The quantitative estimate of drug-likeness (QED) is 0.489. The molecule has 1 heterocycles. The summed E-state index contributed by atoms with van der Waals surface area (Å²) in [5.41, 5.74) is -0.0524. The van der Waals surface area contributed by atoms with Crippen LogP contribution < -0.4 is 20.7 Å². The van der Waals surface area contributed by atoms with Gasteiger partial charge in [-0.15, -0.1) is 0 Å². The molecule has 1 aromatic heterocycles. The SMILES string of the molecule is CC(C)(C)OC(=O)NC[C@H](COc1cccc(F)c1)NC(=O)Nc1cccc2cnccc12. The summed E-state index contributed by atoms with van der Waals surface area (Å²) in [5.74, 6) is -0.131. The van der Waals surface area contributed by atoms with Gasteiger partial charge in [0.2, 0.25) is 0 Å². The van der Waals surface area contributed by atoms with Gasteiger partial charge in [-0.2, -0.15) is 0 Å². The van der Waals surface area contributed by atoms with Gasteiger partial charge in [0.15, 0.2) is 0 Å². The Morgan fingerprint density at radius 2 is 1.91 bits per heavy atom. The number of urea groups is 1. The predicted molar refractivity (Wildman–Crippen MR) is 124 cm³/mol. The molecule has 9 heteroatoms. The van der Waals surface area contributed by atoms with Gasteiger partial charge in [-0.25, -0.2) is 14.0 Å². The van der Waals surface area contributed by atoms with Crippen LogP contribution in [0.1, 0.15) is 20.8 Å². The van der Waals surface area contributed by atoms with Crippen molar-refractivity contribution in [3.05, 3.63) is 66.7 Å². The van der Waals surface area contributed by atoms with Crippen molar-refractivity contribution in [1.29, 1.82) is 0 Å². The lowest BCUT2D eigenvalue weighted by Crippen LogP contribution is -2.49. The first-order valence-electron chi connectivity index (χ1n) is 10.4. The Labute approximate surface area is 191 Å².